The van der Waals surface area contributed by atoms with Gasteiger partial charge in [0.05, 0.1) is 5.56 Å². The molecule has 0 spiro atoms. The Morgan fingerprint density at radius 3 is 2.42 bits per heavy atom. The van der Waals surface area contributed by atoms with Crippen LogP contribution in [-0.2, 0) is 9.53 Å². The van der Waals surface area contributed by atoms with E-state index >= 15 is 0 Å². The van der Waals surface area contributed by atoms with E-state index in [2.05, 4.69) is 13.8 Å². The van der Waals surface area contributed by atoms with Crippen LogP contribution in [0.5, 0.6) is 0 Å². The third kappa shape index (κ3) is 4.08. The quantitative estimate of drug-likeness (QED) is 0.795. The molecular weight excluding hydrogens is 304 g/mol. The molecule has 1 saturated heterocycles. The monoisotopic (exact) mass is 332 g/mol. The van der Waals surface area contributed by atoms with Crippen molar-refractivity contribution < 1.29 is 14.3 Å². The van der Waals surface area contributed by atoms with E-state index in [1.807, 2.05) is 36.0 Å². The molecule has 0 unspecified atom stereocenters. The highest BCUT2D eigenvalue weighted by Crippen LogP contribution is 2.24. The molecule has 0 bridgehead atoms. The van der Waals surface area contributed by atoms with Gasteiger partial charge in [0.25, 0.3) is 5.91 Å². The molecule has 1 heterocycles. The van der Waals surface area contributed by atoms with Gasteiger partial charge >= 0.3 is 5.97 Å². The third-order valence-corrected chi connectivity index (χ3v) is 4.68. The number of nitrogens with zero attached hydrogens (tertiary/aromatic N) is 2. The number of amides is 1. The predicted octanol–water partition coefficient (Wildman–Crippen LogP) is 3.09. The molecule has 1 amide bonds. The van der Waals surface area contributed by atoms with Crippen molar-refractivity contribution in [1.29, 1.82) is 0 Å². The molecule has 3 atom stereocenters. The molecule has 0 saturated carbocycles. The highest BCUT2D eigenvalue weighted by molar-refractivity contribution is 5.93. The number of rotatable bonds is 4. The normalized spacial score (nSPS) is 22.0. The van der Waals surface area contributed by atoms with E-state index in [0.29, 0.717) is 5.56 Å². The number of benzene rings is 1. The number of likely N-dealkylation sites (tertiary alicyclic amines) is 1. The molecule has 5 heteroatoms. The number of piperidine rings is 1. The Labute approximate surface area is 144 Å². The molecule has 1 aromatic carbocycles. The van der Waals surface area contributed by atoms with E-state index in [1.165, 1.54) is 0 Å². The maximum Gasteiger partial charge on any atom is 0.338 e. The SMILES string of the molecule is C[C@@H]1CCC[C@H](C)N1C(=O)[C@@H](C)OC(=O)c1cccc(N(C)C)c1. The maximum atomic E-state index is 12.7. The first-order chi connectivity index (χ1) is 11.3. The summed E-state index contributed by atoms with van der Waals surface area (Å²) >= 11 is 0. The molecular formula is C19H28N2O3. The van der Waals surface area contributed by atoms with E-state index < -0.39 is 12.1 Å². The first-order valence-electron chi connectivity index (χ1n) is 8.61. The number of carbonyl (C=O) groups is 2. The lowest BCUT2D eigenvalue weighted by Gasteiger charge is -2.40. The van der Waals surface area contributed by atoms with Gasteiger partial charge in [-0.2, -0.15) is 0 Å². The van der Waals surface area contributed by atoms with Crippen LogP contribution in [0, 0.1) is 0 Å². The van der Waals surface area contributed by atoms with Crippen molar-refractivity contribution in [3.63, 3.8) is 0 Å². The fraction of sp³-hybridized carbons (Fsp3) is 0.579. The Balaban J connectivity index is 2.05. The Bertz CT molecular complexity index is 590. The summed E-state index contributed by atoms with van der Waals surface area (Å²) in [4.78, 5) is 28.9. The zero-order valence-corrected chi connectivity index (χ0v) is 15.3. The second-order valence-corrected chi connectivity index (χ2v) is 6.87. The fourth-order valence-corrected chi connectivity index (χ4v) is 3.26. The fourth-order valence-electron chi connectivity index (χ4n) is 3.26. The van der Waals surface area contributed by atoms with Crippen LogP contribution >= 0.6 is 0 Å². The maximum absolute atomic E-state index is 12.7. The number of carbonyl (C=O) groups excluding carboxylic acids is 2. The second kappa shape index (κ2) is 7.69. The molecule has 1 aromatic rings. The highest BCUT2D eigenvalue weighted by Gasteiger charge is 2.33. The van der Waals surface area contributed by atoms with Crippen molar-refractivity contribution in [1.82, 2.24) is 4.90 Å². The Morgan fingerprint density at radius 2 is 1.83 bits per heavy atom. The first-order valence-corrected chi connectivity index (χ1v) is 8.61. The van der Waals surface area contributed by atoms with Crippen LogP contribution in [0.1, 0.15) is 50.4 Å². The van der Waals surface area contributed by atoms with Crippen molar-refractivity contribution in [3.8, 4) is 0 Å². The molecule has 132 valence electrons. The number of esters is 1. The summed E-state index contributed by atoms with van der Waals surface area (Å²) in [7, 11) is 3.82. The van der Waals surface area contributed by atoms with Gasteiger partial charge in [-0.3, -0.25) is 4.79 Å². The molecule has 0 aliphatic carbocycles. The molecule has 0 N–H and O–H groups in total. The molecule has 1 fully saturated rings. The molecule has 0 radical (unpaired) electrons. The lowest BCUT2D eigenvalue weighted by atomic mass is 9.97. The summed E-state index contributed by atoms with van der Waals surface area (Å²) in [5, 5.41) is 0. The van der Waals surface area contributed by atoms with Crippen LogP contribution < -0.4 is 4.90 Å². The van der Waals surface area contributed by atoms with E-state index in [1.54, 1.807) is 19.1 Å². The van der Waals surface area contributed by atoms with Crippen molar-refractivity contribution in [2.75, 3.05) is 19.0 Å². The summed E-state index contributed by atoms with van der Waals surface area (Å²) in [5.74, 6) is -0.566. The smallest absolute Gasteiger partial charge is 0.338 e. The number of hydrogen-bond donors (Lipinski definition) is 0. The topological polar surface area (TPSA) is 49.9 Å². The third-order valence-electron chi connectivity index (χ3n) is 4.68. The van der Waals surface area contributed by atoms with Crippen LogP contribution in [0.2, 0.25) is 0 Å². The minimum absolute atomic E-state index is 0.105. The number of ether oxygens (including phenoxy) is 1. The summed E-state index contributed by atoms with van der Waals surface area (Å²) in [5.41, 5.74) is 1.38. The molecule has 1 aliphatic rings. The predicted molar refractivity (Wildman–Crippen MR) is 95.3 cm³/mol. The molecule has 5 nitrogen and oxygen atoms in total. The van der Waals surface area contributed by atoms with Crippen molar-refractivity contribution in [2.45, 2.75) is 58.2 Å². The van der Waals surface area contributed by atoms with Gasteiger partial charge < -0.3 is 14.5 Å². The lowest BCUT2D eigenvalue weighted by molar-refractivity contribution is -0.146. The summed E-state index contributed by atoms with van der Waals surface area (Å²) in [6.07, 6.45) is 2.37. The number of hydrogen-bond acceptors (Lipinski definition) is 4. The molecule has 0 aromatic heterocycles. The highest BCUT2D eigenvalue weighted by atomic mass is 16.5. The van der Waals surface area contributed by atoms with Crippen LogP contribution in [0.15, 0.2) is 24.3 Å². The molecule has 1 aliphatic heterocycles. The first kappa shape index (κ1) is 18.3. The molecule has 2 rings (SSSR count). The van der Waals surface area contributed by atoms with Crippen LogP contribution in [0.25, 0.3) is 0 Å². The van der Waals surface area contributed by atoms with Gasteiger partial charge in [-0.25, -0.2) is 4.79 Å². The minimum atomic E-state index is -0.775. The average molecular weight is 332 g/mol. The largest absolute Gasteiger partial charge is 0.449 e. The number of anilines is 1. The van der Waals surface area contributed by atoms with Gasteiger partial charge in [0.2, 0.25) is 0 Å². The summed E-state index contributed by atoms with van der Waals surface area (Å²) < 4.78 is 5.43. The van der Waals surface area contributed by atoms with E-state index in [9.17, 15) is 9.59 Å². The Kier molecular flexibility index (Phi) is 5.86. The van der Waals surface area contributed by atoms with E-state index in [4.69, 9.17) is 4.74 Å². The standard InChI is InChI=1S/C19H28N2O3/c1-13-8-6-9-14(2)21(13)18(22)15(3)24-19(23)16-10-7-11-17(12-16)20(4)5/h7,10-15H,6,8-9H2,1-5H3/t13-,14+,15-/m1/s1. The minimum Gasteiger partial charge on any atom is -0.449 e. The van der Waals surface area contributed by atoms with E-state index in [0.717, 1.165) is 24.9 Å². The van der Waals surface area contributed by atoms with Crippen molar-refractivity contribution in [3.05, 3.63) is 29.8 Å². The Morgan fingerprint density at radius 1 is 1.21 bits per heavy atom. The zero-order chi connectivity index (χ0) is 17.9. The van der Waals surface area contributed by atoms with Crippen molar-refractivity contribution >= 4 is 17.6 Å². The van der Waals surface area contributed by atoms with E-state index in [-0.39, 0.29) is 18.0 Å². The van der Waals surface area contributed by atoms with Gasteiger partial charge in [0.1, 0.15) is 0 Å². The van der Waals surface area contributed by atoms with Gasteiger partial charge in [-0.15, -0.1) is 0 Å². The van der Waals surface area contributed by atoms with Gasteiger partial charge in [0, 0.05) is 31.9 Å². The Hall–Kier alpha value is -2.04. The average Bonchev–Trinajstić information content (AvgIpc) is 2.54. The van der Waals surface area contributed by atoms with Crippen LogP contribution in [0.4, 0.5) is 5.69 Å². The van der Waals surface area contributed by atoms with Gasteiger partial charge in [-0.1, -0.05) is 6.07 Å². The summed E-state index contributed by atoms with van der Waals surface area (Å²) in [6, 6.07) is 7.60. The van der Waals surface area contributed by atoms with Crippen LogP contribution in [0.3, 0.4) is 0 Å². The zero-order valence-electron chi connectivity index (χ0n) is 15.3. The van der Waals surface area contributed by atoms with Gasteiger partial charge in [0.15, 0.2) is 6.10 Å². The lowest BCUT2D eigenvalue weighted by Crippen LogP contribution is -2.51. The van der Waals surface area contributed by atoms with Crippen molar-refractivity contribution in [2.24, 2.45) is 0 Å². The van der Waals surface area contributed by atoms with Crippen LogP contribution in [-0.4, -0.2) is 49.1 Å². The summed E-state index contributed by atoms with van der Waals surface area (Å²) in [6.45, 7) is 5.77. The van der Waals surface area contributed by atoms with Gasteiger partial charge in [-0.05, 0) is 58.2 Å². The molecule has 24 heavy (non-hydrogen) atoms. The second-order valence-electron chi connectivity index (χ2n) is 6.87.